The molecule has 0 aliphatic carbocycles. The number of hydrogen-bond donors (Lipinski definition) is 2. The molecule has 0 radical (unpaired) electrons. The number of aliphatic hydroxyl groups excluding tert-OH is 1. The van der Waals surface area contributed by atoms with E-state index in [1.54, 1.807) is 0 Å². The molecule has 0 amide bonds. The lowest BCUT2D eigenvalue weighted by molar-refractivity contribution is 0.0857. The fourth-order valence-electron chi connectivity index (χ4n) is 2.42. The number of nitrogens with zero attached hydrogens (tertiary/aromatic N) is 2. The molecule has 2 aliphatic rings. The minimum Gasteiger partial charge on any atom is -0.390 e. The van der Waals surface area contributed by atoms with Gasteiger partial charge >= 0.3 is 0 Å². The van der Waals surface area contributed by atoms with Crippen LogP contribution in [0.5, 0.6) is 0 Å². The van der Waals surface area contributed by atoms with Gasteiger partial charge in [0.1, 0.15) is 0 Å². The van der Waals surface area contributed by atoms with Crippen molar-refractivity contribution >= 4 is 0 Å². The minimum absolute atomic E-state index is 0.168. The molecule has 82 valence electrons. The first-order chi connectivity index (χ1) is 6.77. The highest BCUT2D eigenvalue weighted by atomic mass is 16.3. The van der Waals surface area contributed by atoms with Crippen LogP contribution >= 0.6 is 0 Å². The second-order valence-corrected chi connectivity index (χ2v) is 4.49. The predicted octanol–water partition coefficient (Wildman–Crippen LogP) is -1.04. The summed E-state index contributed by atoms with van der Waals surface area (Å²) in [6.07, 6.45) is 1.05. The lowest BCUT2D eigenvalue weighted by Crippen LogP contribution is -2.44. The second kappa shape index (κ2) is 4.57. The number of rotatable bonds is 1. The van der Waals surface area contributed by atoms with Crippen molar-refractivity contribution in [3.8, 4) is 0 Å². The van der Waals surface area contributed by atoms with Gasteiger partial charge in [-0.1, -0.05) is 0 Å². The van der Waals surface area contributed by atoms with Crippen LogP contribution in [-0.4, -0.2) is 73.4 Å². The van der Waals surface area contributed by atoms with E-state index in [2.05, 4.69) is 22.2 Å². The van der Waals surface area contributed by atoms with Crippen LogP contribution in [0, 0.1) is 0 Å². The van der Waals surface area contributed by atoms with Crippen LogP contribution in [0.25, 0.3) is 0 Å². The Labute approximate surface area is 85.9 Å². The van der Waals surface area contributed by atoms with E-state index in [-0.39, 0.29) is 6.10 Å². The zero-order valence-corrected chi connectivity index (χ0v) is 8.95. The molecular weight excluding hydrogens is 178 g/mol. The summed E-state index contributed by atoms with van der Waals surface area (Å²) in [5, 5.41) is 13.0. The normalized spacial score (nSPS) is 37.3. The summed E-state index contributed by atoms with van der Waals surface area (Å²) >= 11 is 0. The van der Waals surface area contributed by atoms with Crippen LogP contribution in [0.3, 0.4) is 0 Å². The van der Waals surface area contributed by atoms with Crippen LogP contribution in [0.2, 0.25) is 0 Å². The number of β-amino-alcohol motifs (C(OH)–C–C–N with tert-alkyl or cyclic N) is 1. The Hall–Kier alpha value is -0.160. The molecule has 2 rings (SSSR count). The number of aliphatic hydroxyl groups is 1. The monoisotopic (exact) mass is 199 g/mol. The van der Waals surface area contributed by atoms with Gasteiger partial charge in [-0.3, -0.25) is 4.90 Å². The van der Waals surface area contributed by atoms with E-state index < -0.39 is 0 Å². The molecule has 2 fully saturated rings. The fraction of sp³-hybridized carbons (Fsp3) is 1.00. The van der Waals surface area contributed by atoms with Gasteiger partial charge in [0.15, 0.2) is 0 Å². The molecule has 14 heavy (non-hydrogen) atoms. The highest BCUT2D eigenvalue weighted by Gasteiger charge is 2.30. The van der Waals surface area contributed by atoms with Gasteiger partial charge in [-0.2, -0.15) is 0 Å². The maximum absolute atomic E-state index is 9.78. The molecule has 2 atom stereocenters. The fourth-order valence-corrected chi connectivity index (χ4v) is 2.42. The van der Waals surface area contributed by atoms with Crippen LogP contribution in [0.15, 0.2) is 0 Å². The third kappa shape index (κ3) is 2.25. The van der Waals surface area contributed by atoms with Gasteiger partial charge in [-0.25, -0.2) is 0 Å². The van der Waals surface area contributed by atoms with Crippen LogP contribution < -0.4 is 5.32 Å². The van der Waals surface area contributed by atoms with Gasteiger partial charge in [0, 0.05) is 32.2 Å². The Balaban J connectivity index is 1.90. The first-order valence-electron chi connectivity index (χ1n) is 5.59. The molecule has 0 spiro atoms. The van der Waals surface area contributed by atoms with Gasteiger partial charge in [-0.05, 0) is 26.6 Å². The maximum atomic E-state index is 9.78. The van der Waals surface area contributed by atoms with Crippen molar-refractivity contribution in [2.45, 2.75) is 18.6 Å². The lowest BCUT2D eigenvalue weighted by atomic mass is 10.2. The Morgan fingerprint density at radius 2 is 2.00 bits per heavy atom. The standard InChI is InChI=1S/C10H21N3O/c1-12-3-2-4-13(6-5-12)9-7-11-8-10(9)14/h9-11,14H,2-8H2,1H3/t9-,10-/m1/s1. The summed E-state index contributed by atoms with van der Waals surface area (Å²) in [7, 11) is 2.17. The topological polar surface area (TPSA) is 38.7 Å². The molecule has 0 aromatic carbocycles. The van der Waals surface area contributed by atoms with E-state index in [1.807, 2.05) is 0 Å². The summed E-state index contributed by atoms with van der Waals surface area (Å²) in [4.78, 5) is 4.81. The highest BCUT2D eigenvalue weighted by Crippen LogP contribution is 2.12. The average molecular weight is 199 g/mol. The quantitative estimate of drug-likeness (QED) is 0.566. The van der Waals surface area contributed by atoms with Gasteiger partial charge < -0.3 is 15.3 Å². The molecule has 0 saturated carbocycles. The molecule has 4 heteroatoms. The third-order valence-electron chi connectivity index (χ3n) is 3.37. The number of hydrogen-bond acceptors (Lipinski definition) is 4. The molecule has 2 aliphatic heterocycles. The zero-order chi connectivity index (χ0) is 9.97. The predicted molar refractivity (Wildman–Crippen MR) is 56.4 cm³/mol. The van der Waals surface area contributed by atoms with Crippen molar-refractivity contribution < 1.29 is 5.11 Å². The van der Waals surface area contributed by atoms with Crippen molar-refractivity contribution in [2.24, 2.45) is 0 Å². The van der Waals surface area contributed by atoms with Crippen molar-refractivity contribution in [3.63, 3.8) is 0 Å². The van der Waals surface area contributed by atoms with E-state index >= 15 is 0 Å². The van der Waals surface area contributed by atoms with E-state index in [1.165, 1.54) is 13.0 Å². The Kier molecular flexibility index (Phi) is 3.38. The molecule has 2 N–H and O–H groups in total. The third-order valence-corrected chi connectivity index (χ3v) is 3.37. The van der Waals surface area contributed by atoms with Crippen molar-refractivity contribution in [2.75, 3.05) is 46.3 Å². The molecule has 2 saturated heterocycles. The Bertz CT molecular complexity index is 188. The van der Waals surface area contributed by atoms with Crippen LogP contribution in [-0.2, 0) is 0 Å². The van der Waals surface area contributed by atoms with E-state index in [9.17, 15) is 5.11 Å². The van der Waals surface area contributed by atoms with Crippen LogP contribution in [0.4, 0.5) is 0 Å². The summed E-state index contributed by atoms with van der Waals surface area (Å²) in [6, 6.07) is 0.349. The molecule has 0 unspecified atom stereocenters. The van der Waals surface area contributed by atoms with E-state index in [4.69, 9.17) is 0 Å². The van der Waals surface area contributed by atoms with Gasteiger partial charge in [-0.15, -0.1) is 0 Å². The molecule has 0 bridgehead atoms. The number of nitrogens with one attached hydrogen (secondary N) is 1. The molecule has 0 aromatic heterocycles. The smallest absolute Gasteiger partial charge is 0.0831 e. The molecule has 0 aromatic rings. The van der Waals surface area contributed by atoms with Gasteiger partial charge in [0.05, 0.1) is 6.10 Å². The summed E-state index contributed by atoms with van der Waals surface area (Å²) in [5.74, 6) is 0. The minimum atomic E-state index is -0.168. The summed E-state index contributed by atoms with van der Waals surface area (Å²) < 4.78 is 0. The zero-order valence-electron chi connectivity index (χ0n) is 8.95. The summed E-state index contributed by atoms with van der Waals surface area (Å²) in [6.45, 7) is 6.26. The highest BCUT2D eigenvalue weighted by molar-refractivity contribution is 4.89. The number of likely N-dealkylation sites (N-methyl/N-ethyl adjacent to an activating group) is 1. The molecule has 2 heterocycles. The Morgan fingerprint density at radius 3 is 2.71 bits per heavy atom. The Morgan fingerprint density at radius 1 is 1.14 bits per heavy atom. The van der Waals surface area contributed by atoms with Crippen LogP contribution in [0.1, 0.15) is 6.42 Å². The van der Waals surface area contributed by atoms with Crippen molar-refractivity contribution in [1.82, 2.24) is 15.1 Å². The second-order valence-electron chi connectivity index (χ2n) is 4.49. The SMILES string of the molecule is CN1CCCN([C@@H]2CNC[C@H]2O)CC1. The molecular formula is C10H21N3O. The largest absolute Gasteiger partial charge is 0.390 e. The first kappa shape index (κ1) is 10.4. The molecule has 4 nitrogen and oxygen atoms in total. The van der Waals surface area contributed by atoms with Crippen molar-refractivity contribution in [1.29, 1.82) is 0 Å². The average Bonchev–Trinajstić information content (AvgIpc) is 2.46. The summed E-state index contributed by atoms with van der Waals surface area (Å²) in [5.41, 5.74) is 0. The van der Waals surface area contributed by atoms with E-state index in [0.29, 0.717) is 6.04 Å². The lowest BCUT2D eigenvalue weighted by Gasteiger charge is -2.28. The van der Waals surface area contributed by atoms with Crippen molar-refractivity contribution in [3.05, 3.63) is 0 Å². The van der Waals surface area contributed by atoms with E-state index in [0.717, 1.165) is 32.7 Å². The van der Waals surface area contributed by atoms with Gasteiger partial charge in [0.2, 0.25) is 0 Å². The van der Waals surface area contributed by atoms with Gasteiger partial charge in [0.25, 0.3) is 0 Å². The first-order valence-corrected chi connectivity index (χ1v) is 5.59. The maximum Gasteiger partial charge on any atom is 0.0831 e.